The van der Waals surface area contributed by atoms with Gasteiger partial charge in [0.1, 0.15) is 0 Å². The molecule has 0 amide bonds. The molecule has 5 nitrogen and oxygen atoms in total. The molecule has 0 fully saturated rings. The predicted molar refractivity (Wildman–Crippen MR) is 39.6 cm³/mol. The zero-order chi connectivity index (χ0) is 8.20. The fraction of sp³-hybridized carbons (Fsp3) is 1.00. The third kappa shape index (κ3) is 7.20. The van der Waals surface area contributed by atoms with Gasteiger partial charge in [-0.05, 0) is 12.8 Å². The summed E-state index contributed by atoms with van der Waals surface area (Å²) in [6, 6.07) is 0. The molecule has 63 valence electrons. The number of aliphatic hydroxyl groups excluding tert-OH is 2. The van der Waals surface area contributed by atoms with Crippen LogP contribution in [0.5, 0.6) is 0 Å². The molecule has 0 heterocycles. The Morgan fingerprint density at radius 2 is 1.82 bits per heavy atom. The summed E-state index contributed by atoms with van der Waals surface area (Å²) in [5.41, 5.74) is -1.76. The van der Waals surface area contributed by atoms with E-state index in [1.54, 1.807) is 0 Å². The summed E-state index contributed by atoms with van der Waals surface area (Å²) in [4.78, 5) is 0. The number of aliphatic hydroxyl groups is 2. The monoisotopic (exact) mass is 193 g/mol. The van der Waals surface area contributed by atoms with E-state index in [1.165, 1.54) is 0 Å². The van der Waals surface area contributed by atoms with Crippen LogP contribution in [0.3, 0.4) is 0 Å². The molecule has 0 bridgehead atoms. The molecule has 1 atom stereocenters. The zero-order valence-corrected chi connectivity index (χ0v) is 9.08. The standard InChI is InChI=1S/C4H10O5S.Na/c5-3-1-2-4(6)10(7,8)9;/h4-6H,1-3H2,(H,7,8,9);. The van der Waals surface area contributed by atoms with Crippen LogP contribution < -0.4 is 0 Å². The largest absolute Gasteiger partial charge is 0.396 e. The fourth-order valence-corrected chi connectivity index (χ4v) is 0.879. The van der Waals surface area contributed by atoms with Crippen molar-refractivity contribution in [1.82, 2.24) is 0 Å². The molecule has 0 rings (SSSR count). The topological polar surface area (TPSA) is 94.8 Å². The molecular formula is C4H10NaO5S. The molecule has 0 spiro atoms. The van der Waals surface area contributed by atoms with E-state index in [1.807, 2.05) is 0 Å². The van der Waals surface area contributed by atoms with Gasteiger partial charge in [-0.3, -0.25) is 4.55 Å². The second-order valence-corrected chi connectivity index (χ2v) is 3.41. The Kier molecular flexibility index (Phi) is 8.30. The molecule has 0 aromatic carbocycles. The van der Waals surface area contributed by atoms with E-state index in [4.69, 9.17) is 14.8 Å². The van der Waals surface area contributed by atoms with E-state index in [-0.39, 0.29) is 49.0 Å². The summed E-state index contributed by atoms with van der Waals surface area (Å²) in [5, 5.41) is 16.8. The van der Waals surface area contributed by atoms with Crippen LogP contribution in [-0.4, -0.2) is 64.8 Å². The molecule has 0 saturated carbocycles. The van der Waals surface area contributed by atoms with Gasteiger partial charge in [-0.1, -0.05) is 0 Å². The van der Waals surface area contributed by atoms with Crippen molar-refractivity contribution in [2.45, 2.75) is 18.3 Å². The minimum absolute atomic E-state index is 0. The van der Waals surface area contributed by atoms with Gasteiger partial charge in [-0.15, -0.1) is 0 Å². The van der Waals surface area contributed by atoms with E-state index in [9.17, 15) is 8.42 Å². The predicted octanol–water partition coefficient (Wildman–Crippen LogP) is -1.42. The summed E-state index contributed by atoms with van der Waals surface area (Å²) in [6.07, 6.45) is 0.0102. The first kappa shape index (κ1) is 14.4. The van der Waals surface area contributed by atoms with Crippen molar-refractivity contribution < 1.29 is 23.2 Å². The van der Waals surface area contributed by atoms with Gasteiger partial charge in [0.05, 0.1) is 0 Å². The van der Waals surface area contributed by atoms with Crippen molar-refractivity contribution in [2.24, 2.45) is 0 Å². The maximum atomic E-state index is 10.1. The summed E-state index contributed by atoms with van der Waals surface area (Å²) in [6.45, 7) is -0.202. The van der Waals surface area contributed by atoms with Crippen LogP contribution in [0.15, 0.2) is 0 Å². The van der Waals surface area contributed by atoms with E-state index in [2.05, 4.69) is 0 Å². The van der Waals surface area contributed by atoms with E-state index in [0.717, 1.165) is 0 Å². The third-order valence-corrected chi connectivity index (χ3v) is 1.88. The fourth-order valence-electron chi connectivity index (χ4n) is 0.415. The second kappa shape index (κ2) is 6.36. The molecule has 0 aliphatic rings. The normalized spacial score (nSPS) is 13.7. The molecule has 0 aliphatic heterocycles. The molecule has 0 aromatic rings. The maximum Gasteiger partial charge on any atom is 0.291 e. The molecule has 7 heteroatoms. The number of rotatable bonds is 4. The van der Waals surface area contributed by atoms with Gasteiger partial charge in [0.15, 0.2) is 5.44 Å². The average molecular weight is 193 g/mol. The minimum atomic E-state index is -4.33. The summed E-state index contributed by atoms with van der Waals surface area (Å²) in [7, 11) is -4.33. The van der Waals surface area contributed by atoms with Crippen LogP contribution >= 0.6 is 0 Å². The van der Waals surface area contributed by atoms with Crippen LogP contribution in [0.1, 0.15) is 12.8 Å². The molecule has 1 radical (unpaired) electrons. The smallest absolute Gasteiger partial charge is 0.291 e. The Hall–Kier alpha value is 0.830. The Bertz CT molecular complexity index is 177. The molecule has 1 unspecified atom stereocenters. The van der Waals surface area contributed by atoms with E-state index < -0.39 is 15.6 Å². The molecule has 0 aliphatic carbocycles. The zero-order valence-electron chi connectivity index (χ0n) is 6.27. The van der Waals surface area contributed by atoms with Gasteiger partial charge in [0, 0.05) is 36.2 Å². The third-order valence-electron chi connectivity index (χ3n) is 0.953. The van der Waals surface area contributed by atoms with Crippen LogP contribution in [0, 0.1) is 0 Å². The molecular weight excluding hydrogens is 183 g/mol. The molecule has 11 heavy (non-hydrogen) atoms. The van der Waals surface area contributed by atoms with Gasteiger partial charge >= 0.3 is 0 Å². The van der Waals surface area contributed by atoms with Crippen molar-refractivity contribution in [3.05, 3.63) is 0 Å². The molecule has 0 aromatic heterocycles. The summed E-state index contributed by atoms with van der Waals surface area (Å²) in [5.74, 6) is 0. The van der Waals surface area contributed by atoms with Gasteiger partial charge in [-0.25, -0.2) is 0 Å². The Morgan fingerprint density at radius 1 is 1.36 bits per heavy atom. The number of hydrogen-bond donors (Lipinski definition) is 3. The van der Waals surface area contributed by atoms with E-state index >= 15 is 0 Å². The average Bonchev–Trinajstić information content (AvgIpc) is 1.80. The number of hydrogen-bond acceptors (Lipinski definition) is 4. The Morgan fingerprint density at radius 3 is 2.09 bits per heavy atom. The first-order valence-corrected chi connectivity index (χ1v) is 4.24. The van der Waals surface area contributed by atoms with Crippen LogP contribution in [0.25, 0.3) is 0 Å². The van der Waals surface area contributed by atoms with Crippen LogP contribution in [0.2, 0.25) is 0 Å². The molecule has 0 saturated heterocycles. The van der Waals surface area contributed by atoms with Crippen molar-refractivity contribution in [3.63, 3.8) is 0 Å². The van der Waals surface area contributed by atoms with Crippen molar-refractivity contribution in [3.8, 4) is 0 Å². The maximum absolute atomic E-state index is 10.1. The van der Waals surface area contributed by atoms with Gasteiger partial charge < -0.3 is 10.2 Å². The first-order chi connectivity index (χ1) is 4.48. The SMILES string of the molecule is O=S(=O)(O)C(O)CCCO.[Na]. The first-order valence-electron chi connectivity index (χ1n) is 2.73. The summed E-state index contributed by atoms with van der Waals surface area (Å²) < 4.78 is 28.3. The minimum Gasteiger partial charge on any atom is -0.396 e. The summed E-state index contributed by atoms with van der Waals surface area (Å²) >= 11 is 0. The van der Waals surface area contributed by atoms with Crippen LogP contribution in [0.4, 0.5) is 0 Å². The van der Waals surface area contributed by atoms with Crippen molar-refractivity contribution in [1.29, 1.82) is 0 Å². The quantitative estimate of drug-likeness (QED) is 0.376. The molecule has 3 N–H and O–H groups in total. The van der Waals surface area contributed by atoms with Crippen LogP contribution in [-0.2, 0) is 10.1 Å². The van der Waals surface area contributed by atoms with Gasteiger partial charge in [0.25, 0.3) is 10.1 Å². The van der Waals surface area contributed by atoms with Gasteiger partial charge in [-0.2, -0.15) is 8.42 Å². The van der Waals surface area contributed by atoms with Gasteiger partial charge in [0.2, 0.25) is 0 Å². The Labute approximate surface area is 87.5 Å². The van der Waals surface area contributed by atoms with Crippen molar-refractivity contribution in [2.75, 3.05) is 6.61 Å². The van der Waals surface area contributed by atoms with Crippen molar-refractivity contribution >= 4 is 39.7 Å². The van der Waals surface area contributed by atoms with E-state index in [0.29, 0.717) is 0 Å². The Balaban J connectivity index is 0. The second-order valence-electron chi connectivity index (χ2n) is 1.84.